The van der Waals surface area contributed by atoms with Crippen molar-refractivity contribution in [2.45, 2.75) is 72.1 Å². The first-order chi connectivity index (χ1) is 15.3. The van der Waals surface area contributed by atoms with Crippen molar-refractivity contribution in [3.63, 3.8) is 0 Å². The number of esters is 3. The van der Waals surface area contributed by atoms with Crippen LogP contribution in [0.15, 0.2) is 24.3 Å². The van der Waals surface area contributed by atoms with Gasteiger partial charge in [0.2, 0.25) is 0 Å². The SMILES string of the molecule is C=C(C)C(=O)OCC(C)(COC(=O)C(=C)C)C(=O)OCCCCCCCCCCS(=O)(=O)O.[NaH]. The number of unbranched alkanes of at least 4 members (excludes halogenated alkanes) is 7. The van der Waals surface area contributed by atoms with Crippen LogP contribution in [0, 0.1) is 5.41 Å². The summed E-state index contributed by atoms with van der Waals surface area (Å²) in [5, 5.41) is 0. The second-order valence-corrected chi connectivity index (χ2v) is 10.1. The van der Waals surface area contributed by atoms with E-state index in [-0.39, 0.29) is 66.3 Å². The zero-order chi connectivity index (χ0) is 25.5. The van der Waals surface area contributed by atoms with E-state index in [0.717, 1.165) is 38.5 Å². The minimum atomic E-state index is -3.87. The van der Waals surface area contributed by atoms with Gasteiger partial charge in [-0.2, -0.15) is 8.42 Å². The van der Waals surface area contributed by atoms with E-state index in [2.05, 4.69) is 13.2 Å². The van der Waals surface area contributed by atoms with Gasteiger partial charge in [-0.25, -0.2) is 9.59 Å². The third-order valence-corrected chi connectivity index (χ3v) is 5.57. The Morgan fingerprint density at radius 3 is 1.53 bits per heavy atom. The van der Waals surface area contributed by atoms with E-state index in [1.165, 1.54) is 20.8 Å². The molecule has 34 heavy (non-hydrogen) atoms. The van der Waals surface area contributed by atoms with Gasteiger partial charge < -0.3 is 14.2 Å². The van der Waals surface area contributed by atoms with Crippen LogP contribution in [0.2, 0.25) is 0 Å². The maximum absolute atomic E-state index is 12.6. The fourth-order valence-corrected chi connectivity index (χ4v) is 3.21. The fraction of sp³-hybridized carbons (Fsp3) is 0.696. The molecular weight excluding hydrogens is 475 g/mol. The number of carbonyl (C=O) groups excluding carboxylic acids is 3. The standard InChI is InChI=1S/C23H38O9S.Na.H/c1-18(2)20(24)31-16-23(5,17-32-21(25)19(3)4)22(26)30-14-12-10-8-6-7-9-11-13-15-33(27,28)29;;/h1,3,6-17H2,2,4-5H3,(H,27,28,29);;. The zero-order valence-corrected chi connectivity index (χ0v) is 20.8. The van der Waals surface area contributed by atoms with Crippen molar-refractivity contribution in [2.75, 3.05) is 25.6 Å². The molecule has 0 fully saturated rings. The molecular formula is C23H39NaO9S. The second kappa shape index (κ2) is 18.1. The monoisotopic (exact) mass is 514 g/mol. The van der Waals surface area contributed by atoms with Gasteiger partial charge in [0.1, 0.15) is 18.6 Å². The molecule has 0 aliphatic heterocycles. The van der Waals surface area contributed by atoms with Gasteiger partial charge in [-0.3, -0.25) is 9.35 Å². The first-order valence-electron chi connectivity index (χ1n) is 11.1. The summed E-state index contributed by atoms with van der Waals surface area (Å²) < 4.78 is 45.5. The van der Waals surface area contributed by atoms with Crippen molar-refractivity contribution in [2.24, 2.45) is 5.41 Å². The molecule has 0 saturated carbocycles. The number of rotatable bonds is 18. The molecule has 0 amide bonds. The van der Waals surface area contributed by atoms with E-state index >= 15 is 0 Å². The Morgan fingerprint density at radius 2 is 1.15 bits per heavy atom. The summed E-state index contributed by atoms with van der Waals surface area (Å²) in [4.78, 5) is 36.1. The van der Waals surface area contributed by atoms with Crippen molar-refractivity contribution >= 4 is 57.6 Å². The van der Waals surface area contributed by atoms with E-state index in [4.69, 9.17) is 18.8 Å². The predicted octanol–water partition coefficient (Wildman–Crippen LogP) is 3.13. The van der Waals surface area contributed by atoms with Crippen LogP contribution < -0.4 is 0 Å². The van der Waals surface area contributed by atoms with Crippen molar-refractivity contribution in [3.05, 3.63) is 24.3 Å². The summed E-state index contributed by atoms with van der Waals surface area (Å²) in [6, 6.07) is 0. The average molecular weight is 515 g/mol. The summed E-state index contributed by atoms with van der Waals surface area (Å²) in [5.41, 5.74) is -0.996. The molecule has 9 nitrogen and oxygen atoms in total. The van der Waals surface area contributed by atoms with E-state index < -0.39 is 33.4 Å². The minimum absolute atomic E-state index is 0. The van der Waals surface area contributed by atoms with Crippen LogP contribution in [0.5, 0.6) is 0 Å². The zero-order valence-electron chi connectivity index (χ0n) is 20.0. The summed E-state index contributed by atoms with van der Waals surface area (Å²) in [6.45, 7) is 11.0. The number of ether oxygens (including phenoxy) is 3. The van der Waals surface area contributed by atoms with E-state index in [1.807, 2.05) is 0 Å². The van der Waals surface area contributed by atoms with Crippen LogP contribution in [-0.4, -0.2) is 86.0 Å². The number of carbonyl (C=O) groups is 3. The summed E-state index contributed by atoms with van der Waals surface area (Å²) in [5.74, 6) is -2.14. The molecule has 11 heteroatoms. The fourth-order valence-electron chi connectivity index (χ4n) is 2.64. The molecule has 0 aromatic heterocycles. The Labute approximate surface area is 225 Å². The van der Waals surface area contributed by atoms with Gasteiger partial charge in [-0.1, -0.05) is 51.7 Å². The molecule has 0 aliphatic carbocycles. The Morgan fingerprint density at radius 1 is 0.765 bits per heavy atom. The topological polar surface area (TPSA) is 133 Å². The van der Waals surface area contributed by atoms with Gasteiger partial charge >= 0.3 is 47.5 Å². The van der Waals surface area contributed by atoms with E-state index in [1.54, 1.807) is 0 Å². The van der Waals surface area contributed by atoms with Crippen molar-refractivity contribution in [1.82, 2.24) is 0 Å². The van der Waals surface area contributed by atoms with Crippen LogP contribution in [0.25, 0.3) is 0 Å². The first-order valence-corrected chi connectivity index (χ1v) is 12.7. The summed E-state index contributed by atoms with van der Waals surface area (Å²) in [7, 11) is -3.87. The van der Waals surface area contributed by atoms with Crippen LogP contribution in [0.1, 0.15) is 72.1 Å². The van der Waals surface area contributed by atoms with Gasteiger partial charge in [0.15, 0.2) is 0 Å². The third kappa shape index (κ3) is 17.3. The quantitative estimate of drug-likeness (QED) is 0.0731. The molecule has 192 valence electrons. The Bertz CT molecular complexity index is 760. The van der Waals surface area contributed by atoms with Crippen LogP contribution >= 0.6 is 0 Å². The Balaban J connectivity index is 0. The molecule has 0 bridgehead atoms. The van der Waals surface area contributed by atoms with Gasteiger partial charge in [0.25, 0.3) is 10.1 Å². The average Bonchev–Trinajstić information content (AvgIpc) is 2.72. The molecule has 0 heterocycles. The molecule has 0 atom stereocenters. The number of hydrogen-bond donors (Lipinski definition) is 1. The Kier molecular flexibility index (Phi) is 18.6. The van der Waals surface area contributed by atoms with Gasteiger partial charge in [-0.05, 0) is 33.6 Å². The van der Waals surface area contributed by atoms with Gasteiger partial charge in [0, 0.05) is 11.1 Å². The molecule has 0 aromatic rings. The molecule has 1 N–H and O–H groups in total. The molecule has 0 aromatic carbocycles. The predicted molar refractivity (Wildman–Crippen MR) is 131 cm³/mol. The van der Waals surface area contributed by atoms with Gasteiger partial charge in [-0.15, -0.1) is 0 Å². The van der Waals surface area contributed by atoms with E-state index in [9.17, 15) is 22.8 Å². The van der Waals surface area contributed by atoms with Crippen molar-refractivity contribution in [1.29, 1.82) is 0 Å². The number of hydrogen-bond acceptors (Lipinski definition) is 8. The summed E-state index contributed by atoms with van der Waals surface area (Å²) >= 11 is 0. The van der Waals surface area contributed by atoms with Crippen LogP contribution in [0.4, 0.5) is 0 Å². The third-order valence-electron chi connectivity index (χ3n) is 4.76. The summed E-state index contributed by atoms with van der Waals surface area (Å²) in [6.07, 6.45) is 6.50. The second-order valence-electron chi connectivity index (χ2n) is 8.52. The van der Waals surface area contributed by atoms with E-state index in [0.29, 0.717) is 12.8 Å². The van der Waals surface area contributed by atoms with Crippen LogP contribution in [-0.2, 0) is 38.7 Å². The normalized spacial score (nSPS) is 11.2. The molecule has 0 unspecified atom stereocenters. The molecule has 0 rings (SSSR count). The molecule has 0 saturated heterocycles. The first kappa shape index (κ1) is 35.0. The molecule has 0 spiro atoms. The molecule has 0 radical (unpaired) electrons. The Hall–Kier alpha value is -1.20. The van der Waals surface area contributed by atoms with Crippen LogP contribution in [0.3, 0.4) is 0 Å². The molecule has 0 aliphatic rings. The van der Waals surface area contributed by atoms with Crippen molar-refractivity contribution in [3.8, 4) is 0 Å². The van der Waals surface area contributed by atoms with Gasteiger partial charge in [0.05, 0.1) is 12.4 Å². The maximum atomic E-state index is 12.6. The van der Waals surface area contributed by atoms with Crippen molar-refractivity contribution < 1.29 is 41.6 Å².